The number of carbonyl (C=O) groups excluding carboxylic acids is 2. The highest BCUT2D eigenvalue weighted by molar-refractivity contribution is 6.04. The molecule has 0 radical (unpaired) electrons. The van der Waals surface area contributed by atoms with Crippen molar-refractivity contribution < 1.29 is 9.59 Å². The Labute approximate surface area is 157 Å². The summed E-state index contributed by atoms with van der Waals surface area (Å²) < 4.78 is 1.78. The van der Waals surface area contributed by atoms with E-state index in [1.807, 2.05) is 48.7 Å². The number of amides is 2. The molecule has 1 N–H and O–H groups in total. The molecule has 2 amide bonds. The van der Waals surface area contributed by atoms with Gasteiger partial charge in [0.2, 0.25) is 5.91 Å². The van der Waals surface area contributed by atoms with Crippen LogP contribution in [-0.2, 0) is 11.3 Å². The highest BCUT2D eigenvalue weighted by atomic mass is 16.2. The van der Waals surface area contributed by atoms with Gasteiger partial charge in [-0.15, -0.1) is 0 Å². The van der Waals surface area contributed by atoms with Gasteiger partial charge in [0.1, 0.15) is 0 Å². The Morgan fingerprint density at radius 2 is 1.81 bits per heavy atom. The largest absolute Gasteiger partial charge is 0.312 e. The molecule has 4 rings (SSSR count). The highest BCUT2D eigenvalue weighted by Gasteiger charge is 2.21. The number of benzene rings is 2. The Morgan fingerprint density at radius 3 is 2.52 bits per heavy atom. The molecule has 6 heteroatoms. The van der Waals surface area contributed by atoms with Gasteiger partial charge in [0.15, 0.2) is 5.82 Å². The number of hydrogen-bond donors (Lipinski definition) is 1. The zero-order valence-electron chi connectivity index (χ0n) is 14.8. The Kier molecular flexibility index (Phi) is 4.70. The van der Waals surface area contributed by atoms with Crippen molar-refractivity contribution in [1.82, 2.24) is 9.78 Å². The lowest BCUT2D eigenvalue weighted by atomic mass is 10.2. The molecule has 2 aromatic carbocycles. The van der Waals surface area contributed by atoms with Gasteiger partial charge in [-0.05, 0) is 36.2 Å². The summed E-state index contributed by atoms with van der Waals surface area (Å²) in [4.78, 5) is 26.0. The molecule has 27 heavy (non-hydrogen) atoms. The smallest absolute Gasteiger partial charge is 0.256 e. The van der Waals surface area contributed by atoms with Crippen molar-refractivity contribution in [3.8, 4) is 0 Å². The first-order valence-corrected chi connectivity index (χ1v) is 8.98. The van der Waals surface area contributed by atoms with Crippen LogP contribution in [0.25, 0.3) is 0 Å². The van der Waals surface area contributed by atoms with Gasteiger partial charge in [0.25, 0.3) is 5.91 Å². The monoisotopic (exact) mass is 360 g/mol. The average Bonchev–Trinajstić information content (AvgIpc) is 3.31. The summed E-state index contributed by atoms with van der Waals surface area (Å²) in [6, 6.07) is 18.9. The first-order valence-electron chi connectivity index (χ1n) is 8.98. The van der Waals surface area contributed by atoms with E-state index in [9.17, 15) is 9.59 Å². The molecule has 1 aliphatic rings. The van der Waals surface area contributed by atoms with Crippen LogP contribution >= 0.6 is 0 Å². The van der Waals surface area contributed by atoms with Gasteiger partial charge in [-0.25, -0.2) is 0 Å². The normalized spacial score (nSPS) is 13.8. The lowest BCUT2D eigenvalue weighted by Gasteiger charge is -2.15. The fourth-order valence-corrected chi connectivity index (χ4v) is 3.19. The summed E-state index contributed by atoms with van der Waals surface area (Å²) in [7, 11) is 0. The minimum atomic E-state index is -0.223. The number of carbonyl (C=O) groups is 2. The SMILES string of the molecule is O=C(Nc1ccn(Cc2ccccc2)n1)c1ccc(N2CCCC2=O)cc1. The molecule has 0 spiro atoms. The van der Waals surface area contributed by atoms with Crippen LogP contribution in [-0.4, -0.2) is 28.1 Å². The van der Waals surface area contributed by atoms with E-state index < -0.39 is 0 Å². The molecule has 6 nitrogen and oxygen atoms in total. The zero-order chi connectivity index (χ0) is 18.6. The molecule has 1 aliphatic heterocycles. The summed E-state index contributed by atoms with van der Waals surface area (Å²) >= 11 is 0. The maximum atomic E-state index is 12.4. The van der Waals surface area contributed by atoms with Crippen LogP contribution in [0.2, 0.25) is 0 Å². The van der Waals surface area contributed by atoms with Gasteiger partial charge < -0.3 is 10.2 Å². The molecule has 0 aliphatic carbocycles. The second-order valence-electron chi connectivity index (χ2n) is 6.53. The Hall–Kier alpha value is -3.41. The van der Waals surface area contributed by atoms with Gasteiger partial charge >= 0.3 is 0 Å². The van der Waals surface area contributed by atoms with Crippen molar-refractivity contribution in [2.45, 2.75) is 19.4 Å². The van der Waals surface area contributed by atoms with Crippen molar-refractivity contribution in [3.05, 3.63) is 78.0 Å². The van der Waals surface area contributed by atoms with E-state index in [0.29, 0.717) is 24.3 Å². The first-order chi connectivity index (χ1) is 13.2. The molecular weight excluding hydrogens is 340 g/mol. The van der Waals surface area contributed by atoms with Gasteiger partial charge in [-0.1, -0.05) is 30.3 Å². The number of hydrogen-bond acceptors (Lipinski definition) is 3. The fourth-order valence-electron chi connectivity index (χ4n) is 3.19. The summed E-state index contributed by atoms with van der Waals surface area (Å²) in [6.45, 7) is 1.39. The lowest BCUT2D eigenvalue weighted by Crippen LogP contribution is -2.23. The van der Waals surface area contributed by atoms with Crippen LogP contribution in [0.5, 0.6) is 0 Å². The third kappa shape index (κ3) is 3.89. The summed E-state index contributed by atoms with van der Waals surface area (Å²) in [5.41, 5.74) is 2.51. The van der Waals surface area contributed by atoms with Crippen LogP contribution in [0.15, 0.2) is 66.9 Å². The van der Waals surface area contributed by atoms with E-state index in [0.717, 1.165) is 24.2 Å². The number of nitrogens with zero attached hydrogens (tertiary/aromatic N) is 3. The molecule has 1 fully saturated rings. The Balaban J connectivity index is 1.40. The van der Waals surface area contributed by atoms with Gasteiger partial charge in [-0.3, -0.25) is 14.3 Å². The van der Waals surface area contributed by atoms with E-state index in [-0.39, 0.29) is 11.8 Å². The van der Waals surface area contributed by atoms with Gasteiger partial charge in [-0.2, -0.15) is 5.10 Å². The van der Waals surface area contributed by atoms with Crippen molar-refractivity contribution in [3.63, 3.8) is 0 Å². The van der Waals surface area contributed by atoms with Crippen molar-refractivity contribution in [2.75, 3.05) is 16.8 Å². The van der Waals surface area contributed by atoms with Crippen LogP contribution < -0.4 is 10.2 Å². The van der Waals surface area contributed by atoms with Crippen LogP contribution in [0, 0.1) is 0 Å². The minimum Gasteiger partial charge on any atom is -0.312 e. The van der Waals surface area contributed by atoms with E-state index in [1.54, 1.807) is 27.8 Å². The van der Waals surface area contributed by atoms with E-state index in [4.69, 9.17) is 0 Å². The summed E-state index contributed by atoms with van der Waals surface area (Å²) in [6.07, 6.45) is 3.31. The van der Waals surface area contributed by atoms with Crippen LogP contribution in [0.3, 0.4) is 0 Å². The first kappa shape index (κ1) is 17.0. The summed E-state index contributed by atoms with van der Waals surface area (Å²) in [5, 5.41) is 7.20. The molecule has 136 valence electrons. The number of rotatable bonds is 5. The Bertz CT molecular complexity index is 948. The summed E-state index contributed by atoms with van der Waals surface area (Å²) in [5.74, 6) is 0.421. The molecule has 2 heterocycles. The quantitative estimate of drug-likeness (QED) is 0.759. The van der Waals surface area contributed by atoms with Crippen molar-refractivity contribution in [1.29, 1.82) is 0 Å². The average molecular weight is 360 g/mol. The predicted octanol–water partition coefficient (Wildman–Crippen LogP) is 3.31. The maximum absolute atomic E-state index is 12.4. The van der Waals surface area contributed by atoms with Gasteiger partial charge in [0.05, 0.1) is 6.54 Å². The molecule has 0 bridgehead atoms. The fraction of sp³-hybridized carbons (Fsp3) is 0.190. The standard InChI is InChI=1S/C21H20N4O2/c26-20-7-4-13-25(20)18-10-8-17(9-11-18)21(27)22-19-12-14-24(23-19)15-16-5-2-1-3-6-16/h1-3,5-6,8-12,14H,4,7,13,15H2,(H,22,23,27). The maximum Gasteiger partial charge on any atom is 0.256 e. The highest BCUT2D eigenvalue weighted by Crippen LogP contribution is 2.21. The second-order valence-corrected chi connectivity index (χ2v) is 6.53. The molecule has 1 aromatic heterocycles. The lowest BCUT2D eigenvalue weighted by molar-refractivity contribution is -0.117. The van der Waals surface area contributed by atoms with Crippen molar-refractivity contribution in [2.24, 2.45) is 0 Å². The third-order valence-corrected chi connectivity index (χ3v) is 4.58. The molecular formula is C21H20N4O2. The van der Waals surface area contributed by atoms with E-state index in [1.165, 1.54) is 0 Å². The molecule has 0 atom stereocenters. The van der Waals surface area contributed by atoms with Crippen LogP contribution in [0.1, 0.15) is 28.8 Å². The number of nitrogens with one attached hydrogen (secondary N) is 1. The number of aromatic nitrogens is 2. The molecule has 1 saturated heterocycles. The van der Waals surface area contributed by atoms with E-state index in [2.05, 4.69) is 10.4 Å². The predicted molar refractivity (Wildman–Crippen MR) is 104 cm³/mol. The minimum absolute atomic E-state index is 0.135. The molecule has 0 saturated carbocycles. The van der Waals surface area contributed by atoms with Crippen LogP contribution in [0.4, 0.5) is 11.5 Å². The number of anilines is 2. The van der Waals surface area contributed by atoms with Gasteiger partial charge in [0, 0.05) is 36.5 Å². The molecule has 3 aromatic rings. The second kappa shape index (κ2) is 7.45. The zero-order valence-corrected chi connectivity index (χ0v) is 14.8. The van der Waals surface area contributed by atoms with E-state index >= 15 is 0 Å². The van der Waals surface area contributed by atoms with Crippen molar-refractivity contribution >= 4 is 23.3 Å². The Morgan fingerprint density at radius 1 is 1.04 bits per heavy atom. The third-order valence-electron chi connectivity index (χ3n) is 4.58. The topological polar surface area (TPSA) is 67.2 Å². The molecule has 0 unspecified atom stereocenters.